The van der Waals surface area contributed by atoms with E-state index in [-0.39, 0.29) is 5.97 Å². The maximum atomic E-state index is 11.4. The predicted octanol–water partition coefficient (Wildman–Crippen LogP) is 2.40. The van der Waals surface area contributed by atoms with Crippen LogP contribution >= 0.6 is 0 Å². The molecule has 0 fully saturated rings. The molecular formula is C12H13NO2. The maximum absolute atomic E-state index is 11.4. The highest BCUT2D eigenvalue weighted by atomic mass is 16.5. The normalized spacial score (nSPS) is 16.6. The van der Waals surface area contributed by atoms with Crippen LogP contribution in [0.4, 0.5) is 0 Å². The van der Waals surface area contributed by atoms with Gasteiger partial charge in [0.2, 0.25) is 5.90 Å². The number of hydrogen-bond acceptors (Lipinski definition) is 3. The Balaban J connectivity index is 2.24. The summed E-state index contributed by atoms with van der Waals surface area (Å²) in [5, 5.41) is 0. The van der Waals surface area contributed by atoms with Crippen molar-refractivity contribution in [1.29, 1.82) is 0 Å². The van der Waals surface area contributed by atoms with Crippen LogP contribution in [0.2, 0.25) is 0 Å². The van der Waals surface area contributed by atoms with E-state index in [1.165, 1.54) is 0 Å². The van der Waals surface area contributed by atoms with Crippen molar-refractivity contribution in [2.75, 3.05) is 6.54 Å². The van der Waals surface area contributed by atoms with Gasteiger partial charge in [0.25, 0.3) is 0 Å². The zero-order valence-electron chi connectivity index (χ0n) is 8.69. The second kappa shape index (κ2) is 4.26. The summed E-state index contributed by atoms with van der Waals surface area (Å²) in [6, 6.07) is 7.34. The highest BCUT2D eigenvalue weighted by Gasteiger charge is 2.26. The number of fused-ring (bicyclic) bond motifs is 1. The quantitative estimate of drug-likeness (QED) is 0.559. The molecule has 1 aromatic rings. The van der Waals surface area contributed by atoms with Crippen molar-refractivity contribution in [1.82, 2.24) is 0 Å². The Labute approximate surface area is 88.8 Å². The maximum Gasteiger partial charge on any atom is 0.345 e. The molecule has 1 aliphatic rings. The number of benzene rings is 1. The number of hydrogen-bond donors (Lipinski definition) is 0. The van der Waals surface area contributed by atoms with Crippen LogP contribution in [0.25, 0.3) is 0 Å². The summed E-state index contributed by atoms with van der Waals surface area (Å²) >= 11 is 0. The third-order valence-electron chi connectivity index (χ3n) is 2.33. The summed E-state index contributed by atoms with van der Waals surface area (Å²) in [6.45, 7) is 2.82. The van der Waals surface area contributed by atoms with Crippen LogP contribution in [0.1, 0.15) is 35.7 Å². The molecule has 0 aromatic heterocycles. The Morgan fingerprint density at radius 3 is 2.73 bits per heavy atom. The van der Waals surface area contributed by atoms with Gasteiger partial charge in [-0.15, -0.1) is 0 Å². The molecule has 0 N–H and O–H groups in total. The van der Waals surface area contributed by atoms with Gasteiger partial charge >= 0.3 is 5.97 Å². The van der Waals surface area contributed by atoms with Crippen molar-refractivity contribution in [3.05, 3.63) is 35.4 Å². The van der Waals surface area contributed by atoms with Crippen LogP contribution in [0, 0.1) is 0 Å². The lowest BCUT2D eigenvalue weighted by Crippen LogP contribution is -2.01. The van der Waals surface area contributed by atoms with Crippen LogP contribution in [-0.2, 0) is 4.74 Å². The van der Waals surface area contributed by atoms with E-state index in [9.17, 15) is 4.79 Å². The fraction of sp³-hybridized carbons (Fsp3) is 0.333. The second-order valence-electron chi connectivity index (χ2n) is 3.48. The van der Waals surface area contributed by atoms with Crippen molar-refractivity contribution < 1.29 is 9.53 Å². The summed E-state index contributed by atoms with van der Waals surface area (Å²) in [5.74, 6) is 0.185. The topological polar surface area (TPSA) is 38.7 Å². The molecule has 1 aromatic carbocycles. The van der Waals surface area contributed by atoms with E-state index in [0.29, 0.717) is 18.0 Å². The zero-order chi connectivity index (χ0) is 10.7. The van der Waals surface area contributed by atoms with Gasteiger partial charge in [-0.1, -0.05) is 25.5 Å². The third kappa shape index (κ3) is 1.91. The third-order valence-corrected chi connectivity index (χ3v) is 2.33. The number of cyclic esters (lactones) is 1. The summed E-state index contributed by atoms with van der Waals surface area (Å²) in [4.78, 5) is 15.7. The minimum absolute atomic E-state index is 0.291. The minimum Gasteiger partial charge on any atom is -0.404 e. The largest absolute Gasteiger partial charge is 0.404 e. The number of carbonyl (C=O) groups is 1. The SMILES string of the molecule is CCCCN=C1OC(=O)c2ccccc21. The van der Waals surface area contributed by atoms with Crippen LogP contribution < -0.4 is 0 Å². The Hall–Kier alpha value is -1.64. The molecule has 0 bridgehead atoms. The van der Waals surface area contributed by atoms with Crippen molar-refractivity contribution in [2.45, 2.75) is 19.8 Å². The highest BCUT2D eigenvalue weighted by molar-refractivity contribution is 6.16. The molecule has 0 saturated carbocycles. The fourth-order valence-corrected chi connectivity index (χ4v) is 1.50. The van der Waals surface area contributed by atoms with Crippen LogP contribution in [0.3, 0.4) is 0 Å². The van der Waals surface area contributed by atoms with Crippen molar-refractivity contribution in [3.8, 4) is 0 Å². The smallest absolute Gasteiger partial charge is 0.345 e. The summed E-state index contributed by atoms with van der Waals surface area (Å²) in [6.07, 6.45) is 2.11. The number of unbranched alkanes of at least 4 members (excludes halogenated alkanes) is 1. The summed E-state index contributed by atoms with van der Waals surface area (Å²) < 4.78 is 5.09. The predicted molar refractivity (Wildman–Crippen MR) is 58.2 cm³/mol. The van der Waals surface area contributed by atoms with E-state index in [0.717, 1.165) is 18.4 Å². The first-order valence-electron chi connectivity index (χ1n) is 5.19. The van der Waals surface area contributed by atoms with Crippen molar-refractivity contribution in [2.24, 2.45) is 4.99 Å². The van der Waals surface area contributed by atoms with Gasteiger partial charge in [-0.05, 0) is 18.6 Å². The van der Waals surface area contributed by atoms with Gasteiger partial charge in [0.1, 0.15) is 0 Å². The van der Waals surface area contributed by atoms with Crippen LogP contribution in [0.15, 0.2) is 29.3 Å². The number of nitrogens with zero attached hydrogens (tertiary/aromatic N) is 1. The molecule has 2 rings (SSSR count). The molecule has 0 radical (unpaired) electrons. The molecule has 0 atom stereocenters. The molecule has 0 unspecified atom stereocenters. The second-order valence-corrected chi connectivity index (χ2v) is 3.48. The van der Waals surface area contributed by atoms with Crippen LogP contribution in [-0.4, -0.2) is 18.4 Å². The molecular weight excluding hydrogens is 190 g/mol. The molecule has 3 nitrogen and oxygen atoms in total. The van der Waals surface area contributed by atoms with Gasteiger partial charge in [-0.2, -0.15) is 0 Å². The first-order valence-corrected chi connectivity index (χ1v) is 5.19. The van der Waals surface area contributed by atoms with E-state index in [1.807, 2.05) is 18.2 Å². The van der Waals surface area contributed by atoms with Crippen molar-refractivity contribution in [3.63, 3.8) is 0 Å². The van der Waals surface area contributed by atoms with E-state index in [4.69, 9.17) is 4.74 Å². The Morgan fingerprint density at radius 1 is 1.27 bits per heavy atom. The van der Waals surface area contributed by atoms with E-state index in [1.54, 1.807) is 6.07 Å². The fourth-order valence-electron chi connectivity index (χ4n) is 1.50. The number of esters is 1. The van der Waals surface area contributed by atoms with Gasteiger partial charge < -0.3 is 4.74 Å². The average molecular weight is 203 g/mol. The minimum atomic E-state index is -0.291. The molecule has 15 heavy (non-hydrogen) atoms. The Bertz CT molecular complexity index is 410. The Morgan fingerprint density at radius 2 is 2.00 bits per heavy atom. The zero-order valence-corrected chi connectivity index (χ0v) is 8.69. The lowest BCUT2D eigenvalue weighted by molar-refractivity contribution is 0.0736. The lowest BCUT2D eigenvalue weighted by atomic mass is 10.1. The number of carbonyl (C=O) groups excluding carboxylic acids is 1. The summed E-state index contributed by atoms with van der Waals surface area (Å²) in [7, 11) is 0. The van der Waals surface area contributed by atoms with E-state index < -0.39 is 0 Å². The highest BCUT2D eigenvalue weighted by Crippen LogP contribution is 2.19. The van der Waals surface area contributed by atoms with E-state index >= 15 is 0 Å². The molecule has 0 saturated heterocycles. The first kappa shape index (κ1) is 9.90. The van der Waals surface area contributed by atoms with Gasteiger partial charge in [0, 0.05) is 6.54 Å². The first-order chi connectivity index (χ1) is 7.33. The summed E-state index contributed by atoms with van der Waals surface area (Å²) in [5.41, 5.74) is 1.44. The van der Waals surface area contributed by atoms with Gasteiger partial charge in [-0.3, -0.25) is 4.99 Å². The molecule has 0 spiro atoms. The molecule has 1 aliphatic heterocycles. The average Bonchev–Trinajstić information content (AvgIpc) is 2.58. The molecule has 78 valence electrons. The Kier molecular flexibility index (Phi) is 2.81. The van der Waals surface area contributed by atoms with Gasteiger partial charge in [0.15, 0.2) is 0 Å². The van der Waals surface area contributed by atoms with Gasteiger partial charge in [0.05, 0.1) is 11.1 Å². The molecule has 0 amide bonds. The number of aliphatic imine (C=N–C) groups is 1. The molecule has 1 heterocycles. The lowest BCUT2D eigenvalue weighted by Gasteiger charge is -1.96. The number of rotatable bonds is 3. The van der Waals surface area contributed by atoms with Crippen LogP contribution in [0.5, 0.6) is 0 Å². The monoisotopic (exact) mass is 203 g/mol. The standard InChI is InChI=1S/C12H13NO2/c1-2-3-8-13-11-9-6-4-5-7-10(9)12(14)15-11/h4-7H,2-3,8H2,1H3. The number of ether oxygens (including phenoxy) is 1. The van der Waals surface area contributed by atoms with Crippen molar-refractivity contribution >= 4 is 11.9 Å². The van der Waals surface area contributed by atoms with Gasteiger partial charge in [-0.25, -0.2) is 4.79 Å². The van der Waals surface area contributed by atoms with E-state index in [2.05, 4.69) is 11.9 Å². The molecule has 0 aliphatic carbocycles. The molecule has 3 heteroatoms.